The zero-order chi connectivity index (χ0) is 19.9. The second kappa shape index (κ2) is 9.23. The highest BCUT2D eigenvalue weighted by Gasteiger charge is 2.27. The van der Waals surface area contributed by atoms with Gasteiger partial charge in [0.05, 0.1) is 20.8 Å². The van der Waals surface area contributed by atoms with E-state index < -0.39 is 12.8 Å². The summed E-state index contributed by atoms with van der Waals surface area (Å²) in [5.74, 6) is 0.855. The molecule has 0 bridgehead atoms. The van der Waals surface area contributed by atoms with Gasteiger partial charge in [0.15, 0.2) is 5.78 Å². The predicted molar refractivity (Wildman–Crippen MR) is 95.1 cm³/mol. The van der Waals surface area contributed by atoms with E-state index in [1.807, 2.05) is 0 Å². The minimum atomic E-state index is -4.39. The van der Waals surface area contributed by atoms with E-state index in [4.69, 9.17) is 14.2 Å². The average Bonchev–Trinajstić information content (AvgIpc) is 2.65. The average molecular weight is 380 g/mol. The maximum absolute atomic E-state index is 12.2. The lowest BCUT2D eigenvalue weighted by atomic mass is 10.1. The Hall–Kier alpha value is -2.80. The van der Waals surface area contributed by atoms with Crippen LogP contribution in [0.15, 0.2) is 48.5 Å². The summed E-state index contributed by atoms with van der Waals surface area (Å²) in [4.78, 5) is 12.2. The number of benzene rings is 2. The maximum atomic E-state index is 12.2. The first kappa shape index (κ1) is 20.5. The SMILES string of the molecule is COc1ccc(C(=O)/C=C/c2ccc(OC)c(COCC(F)(F)F)c2)cc1. The zero-order valence-electron chi connectivity index (χ0n) is 14.9. The van der Waals surface area contributed by atoms with E-state index in [0.29, 0.717) is 28.2 Å². The van der Waals surface area contributed by atoms with Crippen LogP contribution in [0.4, 0.5) is 13.2 Å². The first-order valence-corrected chi connectivity index (χ1v) is 8.00. The molecule has 0 aromatic heterocycles. The van der Waals surface area contributed by atoms with Gasteiger partial charge in [0, 0.05) is 11.1 Å². The maximum Gasteiger partial charge on any atom is 0.411 e. The van der Waals surface area contributed by atoms with Crippen molar-refractivity contribution in [2.75, 3.05) is 20.8 Å². The van der Waals surface area contributed by atoms with E-state index in [2.05, 4.69) is 0 Å². The number of allylic oxidation sites excluding steroid dienone is 1. The molecule has 0 amide bonds. The second-order valence-electron chi connectivity index (χ2n) is 5.61. The number of hydrogen-bond donors (Lipinski definition) is 0. The van der Waals surface area contributed by atoms with Crippen LogP contribution in [-0.4, -0.2) is 32.8 Å². The molecule has 2 aromatic carbocycles. The lowest BCUT2D eigenvalue weighted by molar-refractivity contribution is -0.176. The summed E-state index contributed by atoms with van der Waals surface area (Å²) in [6.45, 7) is -1.59. The number of halogens is 3. The summed E-state index contributed by atoms with van der Waals surface area (Å²) in [6.07, 6.45) is -1.42. The largest absolute Gasteiger partial charge is 0.497 e. The fraction of sp³-hybridized carbons (Fsp3) is 0.250. The Bertz CT molecular complexity index is 796. The van der Waals surface area contributed by atoms with Crippen molar-refractivity contribution < 1.29 is 32.2 Å². The van der Waals surface area contributed by atoms with Crippen LogP contribution in [-0.2, 0) is 11.3 Å². The van der Waals surface area contributed by atoms with Crippen molar-refractivity contribution in [2.24, 2.45) is 0 Å². The number of carbonyl (C=O) groups excluding carboxylic acids is 1. The Morgan fingerprint density at radius 2 is 1.74 bits per heavy atom. The third-order valence-corrected chi connectivity index (χ3v) is 3.63. The number of ether oxygens (including phenoxy) is 3. The van der Waals surface area contributed by atoms with Gasteiger partial charge in [-0.15, -0.1) is 0 Å². The first-order chi connectivity index (χ1) is 12.8. The van der Waals surface area contributed by atoms with Crippen molar-refractivity contribution >= 4 is 11.9 Å². The van der Waals surface area contributed by atoms with Crippen LogP contribution < -0.4 is 9.47 Å². The number of ketones is 1. The molecule has 0 spiro atoms. The van der Waals surface area contributed by atoms with Gasteiger partial charge >= 0.3 is 6.18 Å². The monoisotopic (exact) mass is 380 g/mol. The van der Waals surface area contributed by atoms with E-state index in [1.54, 1.807) is 48.5 Å². The number of methoxy groups -OCH3 is 2. The fourth-order valence-electron chi connectivity index (χ4n) is 2.32. The van der Waals surface area contributed by atoms with Crippen LogP contribution in [0.2, 0.25) is 0 Å². The number of alkyl halides is 3. The van der Waals surface area contributed by atoms with E-state index >= 15 is 0 Å². The summed E-state index contributed by atoms with van der Waals surface area (Å²) in [5, 5.41) is 0. The summed E-state index contributed by atoms with van der Waals surface area (Å²) >= 11 is 0. The summed E-state index contributed by atoms with van der Waals surface area (Å²) in [5.41, 5.74) is 1.60. The molecule has 0 heterocycles. The molecule has 0 aliphatic rings. The Balaban J connectivity index is 2.09. The minimum absolute atomic E-state index is 0.205. The molecule has 27 heavy (non-hydrogen) atoms. The van der Waals surface area contributed by atoms with Crippen molar-refractivity contribution in [3.05, 3.63) is 65.2 Å². The van der Waals surface area contributed by atoms with Crippen molar-refractivity contribution in [1.29, 1.82) is 0 Å². The first-order valence-electron chi connectivity index (χ1n) is 8.00. The lowest BCUT2D eigenvalue weighted by Crippen LogP contribution is -2.16. The Kier molecular flexibility index (Phi) is 7.01. The molecular formula is C20H19F3O4. The standard InChI is InChI=1S/C20H19F3O4/c1-25-17-7-5-15(6-8-17)18(24)9-3-14-4-10-19(26-2)16(11-14)12-27-13-20(21,22)23/h3-11H,12-13H2,1-2H3/b9-3+. The van der Waals surface area contributed by atoms with Crippen LogP contribution in [0.1, 0.15) is 21.5 Å². The van der Waals surface area contributed by atoms with E-state index in [9.17, 15) is 18.0 Å². The molecule has 0 fully saturated rings. The zero-order valence-corrected chi connectivity index (χ0v) is 14.9. The molecule has 0 saturated carbocycles. The molecule has 0 N–H and O–H groups in total. The van der Waals surface area contributed by atoms with Crippen molar-refractivity contribution in [1.82, 2.24) is 0 Å². The van der Waals surface area contributed by atoms with Crippen molar-refractivity contribution in [3.63, 3.8) is 0 Å². The molecule has 144 valence electrons. The molecule has 0 aliphatic heterocycles. The summed E-state index contributed by atoms with van der Waals surface area (Å²) in [6, 6.07) is 11.6. The van der Waals surface area contributed by atoms with Gasteiger partial charge < -0.3 is 14.2 Å². The number of hydrogen-bond acceptors (Lipinski definition) is 4. The van der Waals surface area contributed by atoms with E-state index in [0.717, 1.165) is 0 Å². The van der Waals surface area contributed by atoms with Gasteiger partial charge in [0.1, 0.15) is 18.1 Å². The molecule has 7 heteroatoms. The quantitative estimate of drug-likeness (QED) is 0.493. The van der Waals surface area contributed by atoms with Gasteiger partial charge in [0.25, 0.3) is 0 Å². The van der Waals surface area contributed by atoms with Gasteiger partial charge in [0.2, 0.25) is 0 Å². The predicted octanol–water partition coefficient (Wildman–Crippen LogP) is 4.68. The van der Waals surface area contributed by atoms with Crippen molar-refractivity contribution in [3.8, 4) is 11.5 Å². The molecule has 0 unspecified atom stereocenters. The minimum Gasteiger partial charge on any atom is -0.497 e. The van der Waals surface area contributed by atoms with Gasteiger partial charge in [-0.25, -0.2) is 0 Å². The highest BCUT2D eigenvalue weighted by molar-refractivity contribution is 6.06. The molecule has 2 rings (SSSR count). The molecular weight excluding hydrogens is 361 g/mol. The molecule has 4 nitrogen and oxygen atoms in total. The van der Waals surface area contributed by atoms with Gasteiger partial charge in [-0.1, -0.05) is 12.1 Å². The van der Waals surface area contributed by atoms with Crippen LogP contribution in [0.3, 0.4) is 0 Å². The topological polar surface area (TPSA) is 44.8 Å². The van der Waals surface area contributed by atoms with Crippen LogP contribution >= 0.6 is 0 Å². The highest BCUT2D eigenvalue weighted by Crippen LogP contribution is 2.23. The molecule has 2 aromatic rings. The van der Waals surface area contributed by atoms with E-state index in [1.165, 1.54) is 20.3 Å². The van der Waals surface area contributed by atoms with Gasteiger partial charge in [-0.05, 0) is 48.0 Å². The number of rotatable bonds is 8. The number of carbonyl (C=O) groups is 1. The highest BCUT2D eigenvalue weighted by atomic mass is 19.4. The molecule has 0 atom stereocenters. The van der Waals surface area contributed by atoms with Gasteiger partial charge in [-0.2, -0.15) is 13.2 Å². The Morgan fingerprint density at radius 3 is 2.33 bits per heavy atom. The normalized spacial score (nSPS) is 11.6. The third-order valence-electron chi connectivity index (χ3n) is 3.63. The van der Waals surface area contributed by atoms with Crippen LogP contribution in [0, 0.1) is 0 Å². The van der Waals surface area contributed by atoms with Crippen molar-refractivity contribution in [2.45, 2.75) is 12.8 Å². The Morgan fingerprint density at radius 1 is 1.04 bits per heavy atom. The van der Waals surface area contributed by atoms with Gasteiger partial charge in [-0.3, -0.25) is 4.79 Å². The molecule has 0 aliphatic carbocycles. The van der Waals surface area contributed by atoms with Crippen LogP contribution in [0.5, 0.6) is 11.5 Å². The summed E-state index contributed by atoms with van der Waals surface area (Å²) in [7, 11) is 2.96. The van der Waals surface area contributed by atoms with Crippen LogP contribution in [0.25, 0.3) is 6.08 Å². The molecule has 0 radical (unpaired) electrons. The van der Waals surface area contributed by atoms with E-state index in [-0.39, 0.29) is 12.4 Å². The smallest absolute Gasteiger partial charge is 0.411 e. The third kappa shape index (κ3) is 6.45. The molecule has 0 saturated heterocycles. The Labute approximate surface area is 155 Å². The second-order valence-corrected chi connectivity index (χ2v) is 5.61. The fourth-order valence-corrected chi connectivity index (χ4v) is 2.32. The lowest BCUT2D eigenvalue weighted by Gasteiger charge is -2.11. The summed E-state index contributed by atoms with van der Waals surface area (Å²) < 4.78 is 51.5.